The average Bonchev–Trinajstić information content (AvgIpc) is 3.43. The molecular weight excluding hydrogens is 426 g/mol. The number of nitrogens with one attached hydrogen (secondary N) is 1. The highest BCUT2D eigenvalue weighted by Crippen LogP contribution is 2.45. The summed E-state index contributed by atoms with van der Waals surface area (Å²) in [7, 11) is 5.19. The van der Waals surface area contributed by atoms with Crippen molar-refractivity contribution < 1.29 is 14.3 Å². The van der Waals surface area contributed by atoms with Crippen LogP contribution in [0, 0.1) is 0 Å². The van der Waals surface area contributed by atoms with Crippen LogP contribution in [-0.4, -0.2) is 37.1 Å². The van der Waals surface area contributed by atoms with E-state index in [0.29, 0.717) is 6.42 Å². The van der Waals surface area contributed by atoms with Crippen molar-refractivity contribution >= 4 is 11.6 Å². The third-order valence-corrected chi connectivity index (χ3v) is 6.79. The lowest BCUT2D eigenvalue weighted by Gasteiger charge is -2.36. The van der Waals surface area contributed by atoms with Crippen LogP contribution < -0.4 is 9.64 Å². The molecule has 2 heterocycles. The molecule has 1 aromatic heterocycles. The van der Waals surface area contributed by atoms with E-state index in [1.54, 1.807) is 31.6 Å². The molecule has 0 spiro atoms. The van der Waals surface area contributed by atoms with Gasteiger partial charge in [0, 0.05) is 32.2 Å². The van der Waals surface area contributed by atoms with Gasteiger partial charge < -0.3 is 19.4 Å². The van der Waals surface area contributed by atoms with Crippen molar-refractivity contribution in [3.63, 3.8) is 0 Å². The lowest BCUT2D eigenvalue weighted by Crippen LogP contribution is -2.35. The van der Waals surface area contributed by atoms with Gasteiger partial charge in [-0.15, -0.1) is 0 Å². The van der Waals surface area contributed by atoms with Gasteiger partial charge in [0.15, 0.2) is 5.60 Å². The Hall–Kier alpha value is -3.90. The maximum atomic E-state index is 12.8. The van der Waals surface area contributed by atoms with Crippen LogP contribution in [-0.2, 0) is 15.1 Å². The molecule has 1 N–H and O–H groups in total. The second-order valence-electron chi connectivity index (χ2n) is 8.48. The van der Waals surface area contributed by atoms with Gasteiger partial charge in [0.2, 0.25) is 5.91 Å². The fourth-order valence-corrected chi connectivity index (χ4v) is 5.01. The third-order valence-electron chi connectivity index (χ3n) is 6.79. The zero-order chi connectivity index (χ0) is 23.7. The number of hydrogen-bond donors (Lipinski definition) is 1. The normalized spacial score (nSPS) is 17.2. The molecule has 6 nitrogen and oxygen atoms in total. The summed E-state index contributed by atoms with van der Waals surface area (Å²) in [5.41, 5.74) is 4.84. The van der Waals surface area contributed by atoms with Crippen LogP contribution in [0.25, 0.3) is 0 Å². The van der Waals surface area contributed by atoms with Gasteiger partial charge in [-0.05, 0) is 46.5 Å². The zero-order valence-electron chi connectivity index (χ0n) is 19.5. The van der Waals surface area contributed by atoms with Gasteiger partial charge in [0.05, 0.1) is 25.3 Å². The minimum atomic E-state index is -0.943. The van der Waals surface area contributed by atoms with E-state index in [1.165, 1.54) is 0 Å². The summed E-state index contributed by atoms with van der Waals surface area (Å²) < 4.78 is 11.8. The third kappa shape index (κ3) is 3.47. The number of anilines is 1. The zero-order valence-corrected chi connectivity index (χ0v) is 19.5. The predicted octanol–water partition coefficient (Wildman–Crippen LogP) is 4.86. The van der Waals surface area contributed by atoms with Crippen molar-refractivity contribution in [1.82, 2.24) is 9.97 Å². The molecule has 1 amide bonds. The topological polar surface area (TPSA) is 67.5 Å². The highest BCUT2D eigenvalue weighted by Gasteiger charge is 2.40. The molecule has 34 heavy (non-hydrogen) atoms. The Bertz CT molecular complexity index is 1300. The summed E-state index contributed by atoms with van der Waals surface area (Å²) in [6.45, 7) is 0. The molecule has 2 atom stereocenters. The SMILES string of the molecule is COc1cccc(C(OC)(c2ccc3c(c2)C(c2ccccc2)CC(=O)N3C)c2cnc[nH]2)c1. The number of ether oxygens (including phenoxy) is 2. The van der Waals surface area contributed by atoms with Crippen LogP contribution in [0.4, 0.5) is 5.69 Å². The van der Waals surface area contributed by atoms with Crippen molar-refractivity contribution in [2.45, 2.75) is 17.9 Å². The maximum absolute atomic E-state index is 12.8. The Kier molecular flexibility index (Phi) is 5.67. The number of hydrogen-bond acceptors (Lipinski definition) is 4. The van der Waals surface area contributed by atoms with Gasteiger partial charge in [-0.25, -0.2) is 4.98 Å². The number of carbonyl (C=O) groups is 1. The van der Waals surface area contributed by atoms with E-state index in [1.807, 2.05) is 61.6 Å². The monoisotopic (exact) mass is 453 g/mol. The van der Waals surface area contributed by atoms with Crippen molar-refractivity contribution in [2.75, 3.05) is 26.2 Å². The van der Waals surface area contributed by atoms with Gasteiger partial charge in [0.1, 0.15) is 5.75 Å². The maximum Gasteiger partial charge on any atom is 0.227 e. The number of imidazole rings is 1. The fourth-order valence-electron chi connectivity index (χ4n) is 5.01. The molecule has 0 bridgehead atoms. The quantitative estimate of drug-likeness (QED) is 0.453. The molecule has 1 aliphatic heterocycles. The summed E-state index contributed by atoms with van der Waals surface area (Å²) >= 11 is 0. The second kappa shape index (κ2) is 8.80. The molecule has 0 aliphatic carbocycles. The number of benzene rings is 3. The van der Waals surface area contributed by atoms with Crippen LogP contribution in [0.2, 0.25) is 0 Å². The molecule has 2 unspecified atom stereocenters. The van der Waals surface area contributed by atoms with Gasteiger partial charge in [-0.3, -0.25) is 4.79 Å². The first kappa shape index (κ1) is 21.9. The Morgan fingerprint density at radius 2 is 1.79 bits per heavy atom. The van der Waals surface area contributed by atoms with Crippen LogP contribution in [0.3, 0.4) is 0 Å². The van der Waals surface area contributed by atoms with Crippen molar-refractivity contribution in [2.24, 2.45) is 0 Å². The molecule has 6 heteroatoms. The number of rotatable bonds is 6. The number of fused-ring (bicyclic) bond motifs is 1. The highest BCUT2D eigenvalue weighted by atomic mass is 16.5. The smallest absolute Gasteiger partial charge is 0.227 e. The first-order valence-electron chi connectivity index (χ1n) is 11.2. The predicted molar refractivity (Wildman–Crippen MR) is 131 cm³/mol. The van der Waals surface area contributed by atoms with E-state index in [9.17, 15) is 4.79 Å². The van der Waals surface area contributed by atoms with E-state index in [0.717, 1.165) is 39.4 Å². The molecule has 172 valence electrons. The number of aromatic nitrogens is 2. The summed E-state index contributed by atoms with van der Waals surface area (Å²) in [6.07, 6.45) is 3.85. The number of aromatic amines is 1. The Labute approximate surface area is 199 Å². The molecule has 0 saturated heterocycles. The molecule has 0 saturated carbocycles. The van der Waals surface area contributed by atoms with Crippen molar-refractivity contribution in [3.05, 3.63) is 113 Å². The number of nitrogens with zero attached hydrogens (tertiary/aromatic N) is 2. The fraction of sp³-hybridized carbons (Fsp3) is 0.214. The van der Waals surface area contributed by atoms with Gasteiger partial charge in [-0.2, -0.15) is 0 Å². The molecule has 1 aliphatic rings. The van der Waals surface area contributed by atoms with Crippen molar-refractivity contribution in [1.29, 1.82) is 0 Å². The van der Waals surface area contributed by atoms with Gasteiger partial charge in [0.25, 0.3) is 0 Å². The Morgan fingerprint density at radius 1 is 1.00 bits per heavy atom. The summed E-state index contributed by atoms with van der Waals surface area (Å²) in [5.74, 6) is 0.804. The minimum Gasteiger partial charge on any atom is -0.497 e. The molecule has 4 aromatic rings. The first-order chi connectivity index (χ1) is 16.6. The van der Waals surface area contributed by atoms with Crippen molar-refractivity contribution in [3.8, 4) is 5.75 Å². The highest BCUT2D eigenvalue weighted by molar-refractivity contribution is 5.97. The van der Waals surface area contributed by atoms with E-state index in [-0.39, 0.29) is 11.8 Å². The number of carbonyl (C=O) groups excluding carboxylic acids is 1. The van der Waals surface area contributed by atoms with Gasteiger partial charge >= 0.3 is 0 Å². The summed E-state index contributed by atoms with van der Waals surface area (Å²) in [5, 5.41) is 0. The largest absolute Gasteiger partial charge is 0.497 e. The van der Waals surface area contributed by atoms with Crippen LogP contribution in [0.5, 0.6) is 5.75 Å². The standard InChI is InChI=1S/C28H27N3O3/c1-31-25-13-12-21(15-24(25)23(16-27(31)32)19-8-5-4-6-9-19)28(34-3,26-17-29-18-30-26)20-10-7-11-22(14-20)33-2/h4-15,17-18,23H,16H2,1-3H3,(H,29,30). The van der Waals surface area contributed by atoms with Gasteiger partial charge in [-0.1, -0.05) is 48.5 Å². The lowest BCUT2D eigenvalue weighted by molar-refractivity contribution is -0.118. The number of methoxy groups -OCH3 is 2. The summed E-state index contributed by atoms with van der Waals surface area (Å²) in [6, 6.07) is 24.3. The first-order valence-corrected chi connectivity index (χ1v) is 11.2. The molecule has 0 fully saturated rings. The second-order valence-corrected chi connectivity index (χ2v) is 8.48. The number of H-pyrrole nitrogens is 1. The minimum absolute atomic E-state index is 0.0403. The van der Waals surface area contributed by atoms with Crippen LogP contribution >= 0.6 is 0 Å². The number of amides is 1. The molecular formula is C28H27N3O3. The van der Waals surface area contributed by atoms with Crippen LogP contribution in [0.15, 0.2) is 85.3 Å². The molecule has 5 rings (SSSR count). The van der Waals surface area contributed by atoms with E-state index in [2.05, 4.69) is 28.2 Å². The molecule has 3 aromatic carbocycles. The Morgan fingerprint density at radius 3 is 2.50 bits per heavy atom. The molecule has 0 radical (unpaired) electrons. The Balaban J connectivity index is 1.75. The van der Waals surface area contributed by atoms with E-state index in [4.69, 9.17) is 9.47 Å². The lowest BCUT2D eigenvalue weighted by atomic mass is 9.78. The van der Waals surface area contributed by atoms with E-state index >= 15 is 0 Å². The summed E-state index contributed by atoms with van der Waals surface area (Å²) in [4.78, 5) is 22.1. The average molecular weight is 454 g/mol. The van der Waals surface area contributed by atoms with E-state index < -0.39 is 5.60 Å². The van der Waals surface area contributed by atoms with Crippen LogP contribution in [0.1, 0.15) is 40.3 Å².